The summed E-state index contributed by atoms with van der Waals surface area (Å²) in [6.45, 7) is 0. The van der Waals surface area contributed by atoms with Crippen molar-refractivity contribution in [2.75, 3.05) is 5.32 Å². The van der Waals surface area contributed by atoms with Crippen molar-refractivity contribution in [1.29, 1.82) is 0 Å². The number of hydrogen-bond donors (Lipinski definition) is 2. The lowest BCUT2D eigenvalue weighted by molar-refractivity contribution is 0.0868. The molecular formula is C21H20FN3O3. The van der Waals surface area contributed by atoms with E-state index in [1.54, 1.807) is 28.8 Å². The molecule has 1 aliphatic rings. The van der Waals surface area contributed by atoms with Crippen LogP contribution < -0.4 is 5.32 Å². The zero-order valence-electron chi connectivity index (χ0n) is 15.1. The summed E-state index contributed by atoms with van der Waals surface area (Å²) >= 11 is 0. The van der Waals surface area contributed by atoms with E-state index < -0.39 is 17.8 Å². The van der Waals surface area contributed by atoms with Gasteiger partial charge in [0.2, 0.25) is 0 Å². The first-order valence-corrected chi connectivity index (χ1v) is 9.27. The Morgan fingerprint density at radius 3 is 2.89 bits per heavy atom. The zero-order chi connectivity index (χ0) is 19.7. The van der Waals surface area contributed by atoms with Gasteiger partial charge in [-0.2, -0.15) is 0 Å². The number of nitrogens with one attached hydrogen (secondary N) is 1. The molecule has 1 amide bonds. The third-order valence-corrected chi connectivity index (χ3v) is 5.25. The molecule has 0 spiro atoms. The number of imidazole rings is 1. The topological polar surface area (TPSA) is 83.7 Å². The number of aliphatic hydroxyl groups is 1. The Hall–Kier alpha value is -3.06. The van der Waals surface area contributed by atoms with E-state index in [2.05, 4.69) is 10.3 Å². The fourth-order valence-corrected chi connectivity index (χ4v) is 3.69. The summed E-state index contributed by atoms with van der Waals surface area (Å²) in [5.41, 5.74) is 1.12. The lowest BCUT2D eigenvalue weighted by atomic mass is 9.95. The van der Waals surface area contributed by atoms with Gasteiger partial charge in [-0.05, 0) is 49.1 Å². The number of anilines is 1. The van der Waals surface area contributed by atoms with Crippen LogP contribution in [0.15, 0.2) is 48.8 Å². The number of nitrogens with zero attached hydrogens (tertiary/aromatic N) is 2. The maximum atomic E-state index is 14.2. The van der Waals surface area contributed by atoms with E-state index in [1.807, 2.05) is 0 Å². The quantitative estimate of drug-likeness (QED) is 0.663. The van der Waals surface area contributed by atoms with Crippen molar-refractivity contribution in [3.05, 3.63) is 65.9 Å². The Bertz CT molecular complexity index is 1050. The molecule has 6 nitrogen and oxygen atoms in total. The van der Waals surface area contributed by atoms with Gasteiger partial charge >= 0.3 is 0 Å². The van der Waals surface area contributed by atoms with Crippen LogP contribution in [0.1, 0.15) is 46.5 Å². The standard InChI is InChI=1S/C21H20FN3O3/c22-15-8-7-14(19(27)11-13-4-3-5-18(13)26)10-16(15)24-21(28)17-12-23-20-6-1-2-9-25(17)20/h1-2,6-10,12-13,18,26H,3-5,11H2,(H,24,28)/t13-,18+/m0/s1. The van der Waals surface area contributed by atoms with Gasteiger partial charge in [0.25, 0.3) is 5.91 Å². The second kappa shape index (κ2) is 7.52. The monoisotopic (exact) mass is 381 g/mol. The second-order valence-electron chi connectivity index (χ2n) is 7.11. The summed E-state index contributed by atoms with van der Waals surface area (Å²) < 4.78 is 15.8. The van der Waals surface area contributed by atoms with Gasteiger partial charge in [0.1, 0.15) is 17.2 Å². The van der Waals surface area contributed by atoms with Crippen LogP contribution in [0, 0.1) is 11.7 Å². The Kier molecular flexibility index (Phi) is 4.92. The number of halogens is 1. The van der Waals surface area contributed by atoms with Crippen molar-refractivity contribution in [2.24, 2.45) is 5.92 Å². The van der Waals surface area contributed by atoms with Crippen molar-refractivity contribution in [3.63, 3.8) is 0 Å². The Balaban J connectivity index is 1.54. The van der Waals surface area contributed by atoms with Crippen LogP contribution in [0.3, 0.4) is 0 Å². The van der Waals surface area contributed by atoms with Gasteiger partial charge in [-0.25, -0.2) is 9.37 Å². The second-order valence-corrected chi connectivity index (χ2v) is 7.11. The number of rotatable bonds is 5. The molecule has 1 aromatic carbocycles. The smallest absolute Gasteiger partial charge is 0.274 e. The fourth-order valence-electron chi connectivity index (χ4n) is 3.69. The Labute approximate surface area is 161 Å². The molecule has 0 bridgehead atoms. The summed E-state index contributed by atoms with van der Waals surface area (Å²) in [6, 6.07) is 9.25. The van der Waals surface area contributed by atoms with Crippen molar-refractivity contribution >= 4 is 23.0 Å². The van der Waals surface area contributed by atoms with E-state index in [-0.39, 0.29) is 29.5 Å². The molecule has 2 heterocycles. The first-order chi connectivity index (χ1) is 13.5. The first kappa shape index (κ1) is 18.3. The minimum Gasteiger partial charge on any atom is -0.393 e. The van der Waals surface area contributed by atoms with E-state index in [1.165, 1.54) is 24.4 Å². The summed E-state index contributed by atoms with van der Waals surface area (Å²) in [4.78, 5) is 29.3. The molecule has 144 valence electrons. The van der Waals surface area contributed by atoms with Crippen molar-refractivity contribution < 1.29 is 19.1 Å². The number of ketones is 1. The van der Waals surface area contributed by atoms with Crippen LogP contribution >= 0.6 is 0 Å². The van der Waals surface area contributed by atoms with Gasteiger partial charge in [0.05, 0.1) is 18.0 Å². The summed E-state index contributed by atoms with van der Waals surface area (Å²) in [6.07, 6.45) is 5.29. The molecule has 1 saturated carbocycles. The highest BCUT2D eigenvalue weighted by Crippen LogP contribution is 2.30. The number of amides is 1. The Morgan fingerprint density at radius 2 is 2.11 bits per heavy atom. The number of aromatic nitrogens is 2. The maximum Gasteiger partial charge on any atom is 0.274 e. The van der Waals surface area contributed by atoms with E-state index in [0.717, 1.165) is 12.8 Å². The van der Waals surface area contributed by atoms with Crippen LogP contribution in [0.4, 0.5) is 10.1 Å². The summed E-state index contributed by atoms with van der Waals surface area (Å²) in [5, 5.41) is 12.4. The molecule has 0 saturated heterocycles. The minimum atomic E-state index is -0.625. The predicted molar refractivity (Wildman–Crippen MR) is 102 cm³/mol. The molecule has 2 atom stereocenters. The van der Waals surface area contributed by atoms with Crippen LogP contribution in [0.5, 0.6) is 0 Å². The van der Waals surface area contributed by atoms with Gasteiger partial charge < -0.3 is 10.4 Å². The normalized spacial score (nSPS) is 19.1. The van der Waals surface area contributed by atoms with E-state index in [9.17, 15) is 19.1 Å². The largest absolute Gasteiger partial charge is 0.393 e. The summed E-state index contributed by atoms with van der Waals surface area (Å²) in [5.74, 6) is -1.38. The molecule has 1 aliphatic carbocycles. The molecular weight excluding hydrogens is 361 g/mol. The van der Waals surface area contributed by atoms with E-state index >= 15 is 0 Å². The average Bonchev–Trinajstić information content (AvgIpc) is 3.30. The number of Topliss-reactive ketones (excluding diaryl/α,β-unsaturated/α-hetero) is 1. The van der Waals surface area contributed by atoms with Gasteiger partial charge in [0.15, 0.2) is 5.78 Å². The van der Waals surface area contributed by atoms with Gasteiger partial charge in [-0.1, -0.05) is 12.5 Å². The van der Waals surface area contributed by atoms with Gasteiger partial charge in [0, 0.05) is 18.2 Å². The SMILES string of the molecule is O=C(C[C@@H]1CCC[C@H]1O)c1ccc(F)c(NC(=O)c2cnc3ccccn23)c1. The maximum absolute atomic E-state index is 14.2. The van der Waals surface area contributed by atoms with Crippen molar-refractivity contribution in [3.8, 4) is 0 Å². The summed E-state index contributed by atoms with van der Waals surface area (Å²) in [7, 11) is 0. The highest BCUT2D eigenvalue weighted by atomic mass is 19.1. The number of carbonyl (C=O) groups excluding carboxylic acids is 2. The average molecular weight is 381 g/mol. The molecule has 2 N–H and O–H groups in total. The van der Waals surface area contributed by atoms with Crippen molar-refractivity contribution in [1.82, 2.24) is 9.38 Å². The fraction of sp³-hybridized carbons (Fsp3) is 0.286. The molecule has 0 aliphatic heterocycles. The number of carbonyl (C=O) groups is 2. The lowest BCUT2D eigenvalue weighted by Gasteiger charge is -2.14. The third-order valence-electron chi connectivity index (χ3n) is 5.25. The van der Waals surface area contributed by atoms with E-state index in [0.29, 0.717) is 17.6 Å². The highest BCUT2D eigenvalue weighted by Gasteiger charge is 2.28. The van der Waals surface area contributed by atoms with Crippen LogP contribution in [-0.2, 0) is 0 Å². The molecule has 2 aromatic heterocycles. The molecule has 28 heavy (non-hydrogen) atoms. The van der Waals surface area contributed by atoms with Crippen LogP contribution in [-0.4, -0.2) is 32.3 Å². The van der Waals surface area contributed by atoms with Gasteiger partial charge in [-0.3, -0.25) is 14.0 Å². The molecule has 0 unspecified atom stereocenters. The minimum absolute atomic E-state index is 0.0613. The first-order valence-electron chi connectivity index (χ1n) is 9.27. The van der Waals surface area contributed by atoms with Gasteiger partial charge in [-0.15, -0.1) is 0 Å². The predicted octanol–water partition coefficient (Wildman–Crippen LogP) is 3.46. The molecule has 1 fully saturated rings. The van der Waals surface area contributed by atoms with Crippen LogP contribution in [0.25, 0.3) is 5.65 Å². The van der Waals surface area contributed by atoms with Crippen molar-refractivity contribution in [2.45, 2.75) is 31.8 Å². The molecule has 7 heteroatoms. The lowest BCUT2D eigenvalue weighted by Crippen LogP contribution is -2.18. The number of fused-ring (bicyclic) bond motifs is 1. The molecule has 4 rings (SSSR count). The number of hydrogen-bond acceptors (Lipinski definition) is 4. The van der Waals surface area contributed by atoms with E-state index in [4.69, 9.17) is 0 Å². The number of pyridine rings is 1. The van der Waals surface area contributed by atoms with Crippen LogP contribution in [0.2, 0.25) is 0 Å². The number of benzene rings is 1. The third kappa shape index (κ3) is 3.53. The number of aliphatic hydroxyl groups excluding tert-OH is 1. The molecule has 3 aromatic rings. The highest BCUT2D eigenvalue weighted by molar-refractivity contribution is 6.04. The zero-order valence-corrected chi connectivity index (χ0v) is 15.1. The molecule has 0 radical (unpaired) electrons. The Morgan fingerprint density at radius 1 is 1.25 bits per heavy atom.